The van der Waals surface area contributed by atoms with Crippen molar-refractivity contribution in [3.8, 4) is 0 Å². The van der Waals surface area contributed by atoms with Crippen molar-refractivity contribution in [2.75, 3.05) is 0 Å². The van der Waals surface area contributed by atoms with Gasteiger partial charge in [0.05, 0.1) is 6.04 Å². The number of aliphatic hydroxyl groups is 1. The standard InChI is InChI=1S/C23H21NO2/c1-17(19-12-6-3-7-13-19)24-22(25)20-14-8-9-15-21(20)23(24,26)16-18-10-4-2-5-11-18/h2-15,17,26H,16H2,1H3/t17-,23-/m0/s1. The zero-order chi connectivity index (χ0) is 18.1. The summed E-state index contributed by atoms with van der Waals surface area (Å²) in [6, 6.07) is 26.8. The van der Waals surface area contributed by atoms with E-state index in [4.69, 9.17) is 0 Å². The third-order valence-corrected chi connectivity index (χ3v) is 5.17. The Hall–Kier alpha value is -2.91. The van der Waals surface area contributed by atoms with Gasteiger partial charge in [-0.05, 0) is 24.1 Å². The second-order valence-electron chi connectivity index (χ2n) is 6.79. The average molecular weight is 343 g/mol. The minimum Gasteiger partial charge on any atom is -0.366 e. The van der Waals surface area contributed by atoms with E-state index in [1.165, 1.54) is 0 Å². The third kappa shape index (κ3) is 2.61. The van der Waals surface area contributed by atoms with E-state index in [0.29, 0.717) is 17.5 Å². The molecule has 1 N–H and O–H groups in total. The predicted octanol–water partition coefficient (Wildman–Crippen LogP) is 4.29. The van der Waals surface area contributed by atoms with Crippen molar-refractivity contribution in [3.05, 3.63) is 107 Å². The lowest BCUT2D eigenvalue weighted by Gasteiger charge is -2.39. The van der Waals surface area contributed by atoms with Gasteiger partial charge in [0, 0.05) is 17.5 Å². The van der Waals surface area contributed by atoms with E-state index < -0.39 is 5.72 Å². The molecule has 0 radical (unpaired) electrons. The lowest BCUT2D eigenvalue weighted by Crippen LogP contribution is -2.46. The minimum absolute atomic E-state index is 0.129. The molecule has 0 fully saturated rings. The van der Waals surface area contributed by atoms with Crippen LogP contribution in [0.5, 0.6) is 0 Å². The molecule has 3 aromatic carbocycles. The molecule has 0 unspecified atom stereocenters. The second kappa shape index (κ2) is 6.43. The van der Waals surface area contributed by atoms with Crippen molar-refractivity contribution in [1.29, 1.82) is 0 Å². The fraction of sp³-hybridized carbons (Fsp3) is 0.174. The van der Waals surface area contributed by atoms with Crippen LogP contribution in [0.3, 0.4) is 0 Å². The van der Waals surface area contributed by atoms with Crippen LogP contribution < -0.4 is 0 Å². The van der Waals surface area contributed by atoms with Crippen molar-refractivity contribution in [2.24, 2.45) is 0 Å². The average Bonchev–Trinajstić information content (AvgIpc) is 2.90. The molecule has 1 aliphatic heterocycles. The Bertz CT molecular complexity index is 923. The van der Waals surface area contributed by atoms with Crippen LogP contribution in [0.2, 0.25) is 0 Å². The van der Waals surface area contributed by atoms with Gasteiger partial charge < -0.3 is 5.11 Å². The van der Waals surface area contributed by atoms with E-state index in [9.17, 15) is 9.90 Å². The first-order chi connectivity index (χ1) is 12.6. The first-order valence-electron chi connectivity index (χ1n) is 8.85. The SMILES string of the molecule is C[C@@H](c1ccccc1)N1C(=O)c2ccccc2[C@@]1(O)Cc1ccccc1. The Kier molecular flexibility index (Phi) is 4.09. The highest BCUT2D eigenvalue weighted by molar-refractivity contribution is 6.00. The molecule has 3 aromatic rings. The third-order valence-electron chi connectivity index (χ3n) is 5.17. The van der Waals surface area contributed by atoms with Crippen LogP contribution in [0.4, 0.5) is 0 Å². The number of benzene rings is 3. The number of amides is 1. The Labute approximate surface area is 153 Å². The van der Waals surface area contributed by atoms with E-state index in [0.717, 1.165) is 11.1 Å². The Morgan fingerprint density at radius 1 is 0.885 bits per heavy atom. The Morgan fingerprint density at radius 2 is 1.46 bits per heavy atom. The highest BCUT2D eigenvalue weighted by Crippen LogP contribution is 2.44. The molecule has 130 valence electrons. The lowest BCUT2D eigenvalue weighted by molar-refractivity contribution is -0.100. The van der Waals surface area contributed by atoms with E-state index >= 15 is 0 Å². The van der Waals surface area contributed by atoms with Crippen LogP contribution in [0.15, 0.2) is 84.9 Å². The molecular formula is C23H21NO2. The maximum Gasteiger partial charge on any atom is 0.257 e. The first kappa shape index (κ1) is 16.6. The zero-order valence-corrected chi connectivity index (χ0v) is 14.7. The number of fused-ring (bicyclic) bond motifs is 1. The van der Waals surface area contributed by atoms with Gasteiger partial charge in [0.25, 0.3) is 5.91 Å². The van der Waals surface area contributed by atoms with Gasteiger partial charge >= 0.3 is 0 Å². The minimum atomic E-state index is -1.37. The first-order valence-corrected chi connectivity index (χ1v) is 8.85. The quantitative estimate of drug-likeness (QED) is 0.768. The van der Waals surface area contributed by atoms with E-state index in [-0.39, 0.29) is 11.9 Å². The molecule has 0 saturated heterocycles. The van der Waals surface area contributed by atoms with Crippen LogP contribution in [-0.4, -0.2) is 15.9 Å². The Morgan fingerprint density at radius 3 is 2.15 bits per heavy atom. The molecule has 2 atom stereocenters. The van der Waals surface area contributed by atoms with Gasteiger partial charge in [0.2, 0.25) is 0 Å². The molecule has 0 aromatic heterocycles. The summed E-state index contributed by atoms with van der Waals surface area (Å²) in [5.41, 5.74) is 1.87. The van der Waals surface area contributed by atoms with Crippen LogP contribution in [-0.2, 0) is 12.1 Å². The summed E-state index contributed by atoms with van der Waals surface area (Å²) >= 11 is 0. The van der Waals surface area contributed by atoms with Gasteiger partial charge in [0.1, 0.15) is 0 Å². The molecule has 0 aliphatic carbocycles. The van der Waals surface area contributed by atoms with Crippen molar-refractivity contribution < 1.29 is 9.90 Å². The number of carbonyl (C=O) groups is 1. The number of hydrogen-bond donors (Lipinski definition) is 1. The number of nitrogens with zero attached hydrogens (tertiary/aromatic N) is 1. The molecule has 4 rings (SSSR count). The number of hydrogen-bond acceptors (Lipinski definition) is 2. The van der Waals surface area contributed by atoms with E-state index in [2.05, 4.69) is 0 Å². The van der Waals surface area contributed by atoms with Crippen molar-refractivity contribution >= 4 is 5.91 Å². The molecule has 1 amide bonds. The van der Waals surface area contributed by atoms with Gasteiger partial charge in [0.15, 0.2) is 5.72 Å². The van der Waals surface area contributed by atoms with Gasteiger partial charge in [-0.25, -0.2) is 0 Å². The van der Waals surface area contributed by atoms with Crippen molar-refractivity contribution in [1.82, 2.24) is 4.90 Å². The van der Waals surface area contributed by atoms with Gasteiger partial charge in [-0.1, -0.05) is 78.9 Å². The van der Waals surface area contributed by atoms with Crippen molar-refractivity contribution in [3.63, 3.8) is 0 Å². The fourth-order valence-electron chi connectivity index (χ4n) is 3.88. The predicted molar refractivity (Wildman–Crippen MR) is 102 cm³/mol. The molecule has 0 saturated carbocycles. The maximum absolute atomic E-state index is 13.2. The van der Waals surface area contributed by atoms with Crippen LogP contribution in [0, 0.1) is 0 Å². The largest absolute Gasteiger partial charge is 0.366 e. The van der Waals surface area contributed by atoms with Gasteiger partial charge in [-0.3, -0.25) is 9.69 Å². The highest BCUT2D eigenvalue weighted by atomic mass is 16.3. The summed E-state index contributed by atoms with van der Waals surface area (Å²) < 4.78 is 0. The fourth-order valence-corrected chi connectivity index (χ4v) is 3.88. The Balaban J connectivity index is 1.82. The van der Waals surface area contributed by atoms with Crippen molar-refractivity contribution in [2.45, 2.75) is 25.1 Å². The van der Waals surface area contributed by atoms with E-state index in [1.54, 1.807) is 11.0 Å². The monoisotopic (exact) mass is 343 g/mol. The van der Waals surface area contributed by atoms with Crippen LogP contribution in [0.25, 0.3) is 0 Å². The molecule has 3 heteroatoms. The molecular weight excluding hydrogens is 322 g/mol. The molecule has 1 heterocycles. The topological polar surface area (TPSA) is 40.5 Å². The maximum atomic E-state index is 13.2. The smallest absolute Gasteiger partial charge is 0.257 e. The summed E-state index contributed by atoms with van der Waals surface area (Å²) in [5, 5.41) is 11.8. The summed E-state index contributed by atoms with van der Waals surface area (Å²) in [7, 11) is 0. The van der Waals surface area contributed by atoms with Gasteiger partial charge in [-0.15, -0.1) is 0 Å². The summed E-state index contributed by atoms with van der Waals surface area (Å²) in [5.74, 6) is -0.129. The molecule has 1 aliphatic rings. The van der Waals surface area contributed by atoms with E-state index in [1.807, 2.05) is 85.8 Å². The van der Waals surface area contributed by atoms with Crippen LogP contribution in [0.1, 0.15) is 40.0 Å². The second-order valence-corrected chi connectivity index (χ2v) is 6.79. The summed E-state index contributed by atoms with van der Waals surface area (Å²) in [6.45, 7) is 1.97. The molecule has 3 nitrogen and oxygen atoms in total. The lowest BCUT2D eigenvalue weighted by atomic mass is 9.93. The van der Waals surface area contributed by atoms with Crippen LogP contribution >= 0.6 is 0 Å². The normalized spacial score (nSPS) is 20.1. The van der Waals surface area contributed by atoms with Gasteiger partial charge in [-0.2, -0.15) is 0 Å². The number of rotatable bonds is 4. The highest BCUT2D eigenvalue weighted by Gasteiger charge is 2.50. The number of carbonyl (C=O) groups excluding carboxylic acids is 1. The summed E-state index contributed by atoms with van der Waals surface area (Å²) in [4.78, 5) is 14.8. The molecule has 0 bridgehead atoms. The summed E-state index contributed by atoms with van der Waals surface area (Å²) in [6.07, 6.45) is 0.355. The molecule has 26 heavy (non-hydrogen) atoms. The zero-order valence-electron chi connectivity index (χ0n) is 14.7. The molecule has 0 spiro atoms.